The van der Waals surface area contributed by atoms with Crippen molar-refractivity contribution in [3.8, 4) is 16.9 Å². The summed E-state index contributed by atoms with van der Waals surface area (Å²) in [6.45, 7) is 1.99. The normalized spacial score (nSPS) is 10.6. The quantitative estimate of drug-likeness (QED) is 0.318. The zero-order valence-corrected chi connectivity index (χ0v) is 19.5. The van der Waals surface area contributed by atoms with Gasteiger partial charge < -0.3 is 10.6 Å². The van der Waals surface area contributed by atoms with Gasteiger partial charge in [0, 0.05) is 35.2 Å². The van der Waals surface area contributed by atoms with Crippen LogP contribution in [0.2, 0.25) is 5.02 Å². The summed E-state index contributed by atoms with van der Waals surface area (Å²) in [5, 5.41) is 11.1. The molecule has 0 unspecified atom stereocenters. The number of aromatic nitrogens is 2. The molecule has 2 N–H and O–H groups in total. The summed E-state index contributed by atoms with van der Waals surface area (Å²) >= 11 is 6.03. The topological polar surface area (TPSA) is 76.0 Å². The third-order valence-corrected chi connectivity index (χ3v) is 5.51. The molecular weight excluding hydrogens is 448 g/mol. The van der Waals surface area contributed by atoms with E-state index in [1.54, 1.807) is 16.8 Å². The molecule has 4 rings (SSSR count). The third-order valence-electron chi connectivity index (χ3n) is 5.26. The van der Waals surface area contributed by atoms with Crippen LogP contribution in [0.3, 0.4) is 0 Å². The molecule has 0 aliphatic rings. The molecule has 172 valence electrons. The Labute approximate surface area is 203 Å². The van der Waals surface area contributed by atoms with Crippen molar-refractivity contribution >= 4 is 34.9 Å². The average molecular weight is 473 g/mol. The van der Waals surface area contributed by atoms with Crippen molar-refractivity contribution < 1.29 is 9.59 Å². The van der Waals surface area contributed by atoms with Gasteiger partial charge >= 0.3 is 0 Å². The number of benzene rings is 3. The van der Waals surface area contributed by atoms with Crippen LogP contribution in [0.4, 0.5) is 11.5 Å². The minimum Gasteiger partial charge on any atom is -0.326 e. The number of carbonyl (C=O) groups excluding carboxylic acids is 2. The molecule has 1 heterocycles. The van der Waals surface area contributed by atoms with Gasteiger partial charge in [0.1, 0.15) is 5.82 Å². The minimum absolute atomic E-state index is 0.116. The lowest BCUT2D eigenvalue weighted by Gasteiger charge is -2.09. The zero-order chi connectivity index (χ0) is 23.9. The molecule has 0 aliphatic heterocycles. The number of nitrogens with zero attached hydrogens (tertiary/aromatic N) is 2. The Morgan fingerprint density at radius 1 is 0.853 bits per heavy atom. The maximum Gasteiger partial charge on any atom is 0.225 e. The highest BCUT2D eigenvalue weighted by Crippen LogP contribution is 2.25. The molecule has 0 aliphatic carbocycles. The second-order valence-corrected chi connectivity index (χ2v) is 8.42. The molecule has 0 atom stereocenters. The van der Waals surface area contributed by atoms with Crippen molar-refractivity contribution in [2.75, 3.05) is 10.6 Å². The molecular formula is C27H25ClN4O2. The zero-order valence-electron chi connectivity index (χ0n) is 18.8. The lowest BCUT2D eigenvalue weighted by Crippen LogP contribution is -2.16. The van der Waals surface area contributed by atoms with E-state index in [4.69, 9.17) is 11.6 Å². The summed E-state index contributed by atoms with van der Waals surface area (Å²) in [4.78, 5) is 24.9. The van der Waals surface area contributed by atoms with Gasteiger partial charge in [-0.05, 0) is 49.7 Å². The maximum atomic E-state index is 12.7. The van der Waals surface area contributed by atoms with E-state index in [2.05, 4.69) is 15.7 Å². The van der Waals surface area contributed by atoms with Crippen LogP contribution in [0, 0.1) is 6.92 Å². The third kappa shape index (κ3) is 6.11. The standard InChI is InChI=1S/C27H25ClN4O2/c1-19-10-14-22(15-11-19)29-26(33)8-5-9-27(34)30-25-18-24(20-6-3-2-4-7-20)31-32(25)23-16-12-21(28)13-17-23/h2-4,6-7,10-18H,5,8-9H2,1H3,(H,29,33)(H,30,34). The van der Waals surface area contributed by atoms with Crippen LogP contribution < -0.4 is 10.6 Å². The van der Waals surface area contributed by atoms with E-state index in [1.807, 2.05) is 79.7 Å². The van der Waals surface area contributed by atoms with Gasteiger partial charge in [0.15, 0.2) is 0 Å². The molecule has 0 spiro atoms. The van der Waals surface area contributed by atoms with E-state index >= 15 is 0 Å². The summed E-state index contributed by atoms with van der Waals surface area (Å²) < 4.78 is 1.68. The lowest BCUT2D eigenvalue weighted by atomic mass is 10.1. The monoisotopic (exact) mass is 472 g/mol. The average Bonchev–Trinajstić information content (AvgIpc) is 3.25. The SMILES string of the molecule is Cc1ccc(NC(=O)CCCC(=O)Nc2cc(-c3ccccc3)nn2-c2ccc(Cl)cc2)cc1. The number of aryl methyl sites for hydroxylation is 1. The smallest absolute Gasteiger partial charge is 0.225 e. The number of rotatable bonds is 8. The van der Waals surface area contributed by atoms with Gasteiger partial charge in [-0.25, -0.2) is 4.68 Å². The van der Waals surface area contributed by atoms with Gasteiger partial charge in [0.25, 0.3) is 0 Å². The predicted octanol–water partition coefficient (Wildman–Crippen LogP) is 6.25. The minimum atomic E-state index is -0.183. The number of carbonyl (C=O) groups is 2. The highest BCUT2D eigenvalue weighted by Gasteiger charge is 2.14. The molecule has 1 aromatic heterocycles. The van der Waals surface area contributed by atoms with Crippen LogP contribution in [0.5, 0.6) is 0 Å². The van der Waals surface area contributed by atoms with Crippen LogP contribution in [0.1, 0.15) is 24.8 Å². The van der Waals surface area contributed by atoms with Gasteiger partial charge in [0.05, 0.1) is 11.4 Å². The Balaban J connectivity index is 1.41. The Bertz CT molecular complexity index is 1270. The molecule has 34 heavy (non-hydrogen) atoms. The van der Waals surface area contributed by atoms with E-state index in [9.17, 15) is 9.59 Å². The number of amides is 2. The molecule has 4 aromatic rings. The van der Waals surface area contributed by atoms with Crippen molar-refractivity contribution in [1.82, 2.24) is 9.78 Å². The van der Waals surface area contributed by atoms with E-state index in [-0.39, 0.29) is 24.7 Å². The first-order valence-electron chi connectivity index (χ1n) is 11.1. The predicted molar refractivity (Wildman–Crippen MR) is 136 cm³/mol. The molecule has 0 radical (unpaired) electrons. The molecule has 3 aromatic carbocycles. The van der Waals surface area contributed by atoms with Crippen molar-refractivity contribution in [2.45, 2.75) is 26.2 Å². The second kappa shape index (κ2) is 10.8. The number of anilines is 2. The summed E-state index contributed by atoms with van der Waals surface area (Å²) in [6, 6.07) is 26.4. The van der Waals surface area contributed by atoms with E-state index < -0.39 is 0 Å². The number of nitrogens with one attached hydrogen (secondary N) is 2. The van der Waals surface area contributed by atoms with Gasteiger partial charge in [-0.15, -0.1) is 0 Å². The Kier molecular flexibility index (Phi) is 7.40. The van der Waals surface area contributed by atoms with Crippen LogP contribution in [0.25, 0.3) is 16.9 Å². The molecule has 0 fully saturated rings. The van der Waals surface area contributed by atoms with Crippen molar-refractivity contribution in [3.05, 3.63) is 95.5 Å². The first-order chi connectivity index (χ1) is 16.5. The first-order valence-corrected chi connectivity index (χ1v) is 11.4. The number of halogens is 1. The summed E-state index contributed by atoms with van der Waals surface area (Å²) in [5.74, 6) is 0.252. The first kappa shape index (κ1) is 23.3. The van der Waals surface area contributed by atoms with Gasteiger partial charge in [-0.3, -0.25) is 9.59 Å². The molecule has 7 heteroatoms. The van der Waals surface area contributed by atoms with Gasteiger partial charge in [0.2, 0.25) is 11.8 Å². The summed E-state index contributed by atoms with van der Waals surface area (Å²) in [5.41, 5.74) is 4.34. The fourth-order valence-electron chi connectivity index (χ4n) is 3.47. The summed E-state index contributed by atoms with van der Waals surface area (Å²) in [7, 11) is 0. The van der Waals surface area contributed by atoms with Crippen molar-refractivity contribution in [2.24, 2.45) is 0 Å². The van der Waals surface area contributed by atoms with E-state index in [0.29, 0.717) is 17.3 Å². The fraction of sp³-hybridized carbons (Fsp3) is 0.148. The van der Waals surface area contributed by atoms with Crippen LogP contribution in [-0.4, -0.2) is 21.6 Å². The van der Waals surface area contributed by atoms with Crippen molar-refractivity contribution in [3.63, 3.8) is 0 Å². The molecule has 0 saturated carbocycles. The summed E-state index contributed by atoms with van der Waals surface area (Å²) in [6.07, 6.45) is 0.908. The second-order valence-electron chi connectivity index (χ2n) is 7.98. The Morgan fingerprint density at radius 3 is 2.18 bits per heavy atom. The van der Waals surface area contributed by atoms with Crippen LogP contribution in [-0.2, 0) is 9.59 Å². The largest absolute Gasteiger partial charge is 0.326 e. The highest BCUT2D eigenvalue weighted by molar-refractivity contribution is 6.30. The van der Waals surface area contributed by atoms with Crippen LogP contribution in [0.15, 0.2) is 84.9 Å². The number of hydrogen-bond acceptors (Lipinski definition) is 3. The van der Waals surface area contributed by atoms with Crippen molar-refractivity contribution in [1.29, 1.82) is 0 Å². The maximum absolute atomic E-state index is 12.7. The molecule has 0 bridgehead atoms. The fourth-order valence-corrected chi connectivity index (χ4v) is 3.60. The van der Waals surface area contributed by atoms with Gasteiger partial charge in [-0.1, -0.05) is 59.6 Å². The van der Waals surface area contributed by atoms with E-state index in [1.165, 1.54) is 0 Å². The highest BCUT2D eigenvalue weighted by atomic mass is 35.5. The molecule has 0 saturated heterocycles. The Hall–Kier alpha value is -3.90. The molecule has 2 amide bonds. The van der Waals surface area contributed by atoms with Gasteiger partial charge in [-0.2, -0.15) is 5.10 Å². The van der Waals surface area contributed by atoms with Crippen LogP contribution >= 0.6 is 11.6 Å². The van der Waals surface area contributed by atoms with E-state index in [0.717, 1.165) is 28.2 Å². The Morgan fingerprint density at radius 2 is 1.50 bits per heavy atom. The molecule has 6 nitrogen and oxygen atoms in total. The number of hydrogen-bond donors (Lipinski definition) is 2. The lowest BCUT2D eigenvalue weighted by molar-refractivity contribution is -0.117.